The summed E-state index contributed by atoms with van der Waals surface area (Å²) in [5, 5.41) is 0.398. The van der Waals surface area contributed by atoms with Gasteiger partial charge in [0.05, 0.1) is 11.4 Å². The first-order valence-corrected chi connectivity index (χ1v) is 9.45. The molecule has 3 amide bonds. The summed E-state index contributed by atoms with van der Waals surface area (Å²) in [5.41, 5.74) is 2.67. The molecule has 0 unspecified atom stereocenters. The van der Waals surface area contributed by atoms with Gasteiger partial charge < -0.3 is 0 Å². The summed E-state index contributed by atoms with van der Waals surface area (Å²) in [5.74, 6) is -1.49. The number of nitrogens with zero attached hydrogens (tertiary/aromatic N) is 2. The number of halogens is 1. The number of rotatable bonds is 2. The summed E-state index contributed by atoms with van der Waals surface area (Å²) < 4.78 is 0. The maximum absolute atomic E-state index is 13.2. The molecule has 3 aromatic rings. The molecule has 144 valence electrons. The Hall–Kier alpha value is -3.44. The highest BCUT2D eigenvalue weighted by Crippen LogP contribution is 2.40. The van der Waals surface area contributed by atoms with Crippen molar-refractivity contribution in [2.24, 2.45) is 0 Å². The largest absolute Gasteiger partial charge is 0.278 e. The van der Waals surface area contributed by atoms with Gasteiger partial charge in [0.2, 0.25) is 11.8 Å². The smallest absolute Gasteiger partial charge is 0.265 e. The molecule has 4 rings (SSSR count). The molecule has 0 aromatic heterocycles. The zero-order valence-corrected chi connectivity index (χ0v) is 16.4. The lowest BCUT2D eigenvalue weighted by Gasteiger charge is -2.25. The number of hydrogen-bond acceptors (Lipinski definition) is 3. The van der Waals surface area contributed by atoms with Crippen LogP contribution in [0, 0.1) is 6.92 Å². The Labute approximate surface area is 173 Å². The molecule has 0 saturated carbocycles. The van der Waals surface area contributed by atoms with E-state index in [1.54, 1.807) is 66.7 Å². The SMILES string of the molecule is Cc1ccc(C(=O)N2C(=O)CC(=O)N(c3ccccc3)c3cc(Cl)ccc32)cc1. The number of carbonyl (C=O) groups excluding carboxylic acids is 3. The van der Waals surface area contributed by atoms with E-state index in [2.05, 4.69) is 0 Å². The van der Waals surface area contributed by atoms with Gasteiger partial charge in [0, 0.05) is 16.3 Å². The Kier molecular flexibility index (Phi) is 4.91. The van der Waals surface area contributed by atoms with Crippen LogP contribution in [0.3, 0.4) is 0 Å². The van der Waals surface area contributed by atoms with Crippen LogP contribution in [0.4, 0.5) is 17.1 Å². The lowest BCUT2D eigenvalue weighted by Crippen LogP contribution is -2.37. The van der Waals surface area contributed by atoms with E-state index in [0.717, 1.165) is 10.5 Å². The van der Waals surface area contributed by atoms with Crippen molar-refractivity contribution in [2.75, 3.05) is 9.80 Å². The Balaban J connectivity index is 1.89. The van der Waals surface area contributed by atoms with Crippen molar-refractivity contribution in [3.05, 3.63) is 88.9 Å². The molecule has 1 aliphatic heterocycles. The number of carbonyl (C=O) groups is 3. The third-order valence-corrected chi connectivity index (χ3v) is 4.97. The first-order chi connectivity index (χ1) is 14.0. The van der Waals surface area contributed by atoms with Gasteiger partial charge in [-0.2, -0.15) is 0 Å². The number of fused-ring (bicyclic) bond motifs is 1. The van der Waals surface area contributed by atoms with Crippen LogP contribution >= 0.6 is 11.6 Å². The van der Waals surface area contributed by atoms with Gasteiger partial charge in [-0.15, -0.1) is 0 Å². The molecule has 6 heteroatoms. The fourth-order valence-electron chi connectivity index (χ4n) is 3.33. The second-order valence-corrected chi connectivity index (χ2v) is 7.21. The van der Waals surface area contributed by atoms with Gasteiger partial charge in [-0.3, -0.25) is 19.3 Å². The Morgan fingerprint density at radius 2 is 1.55 bits per heavy atom. The Morgan fingerprint density at radius 3 is 2.24 bits per heavy atom. The predicted molar refractivity (Wildman–Crippen MR) is 113 cm³/mol. The van der Waals surface area contributed by atoms with Crippen LogP contribution in [0.2, 0.25) is 5.02 Å². The highest BCUT2D eigenvalue weighted by Gasteiger charge is 2.36. The maximum Gasteiger partial charge on any atom is 0.265 e. The summed E-state index contributed by atoms with van der Waals surface area (Å²) in [4.78, 5) is 41.6. The lowest BCUT2D eigenvalue weighted by atomic mass is 10.1. The summed E-state index contributed by atoms with van der Waals surface area (Å²) in [6, 6.07) is 20.7. The number of imide groups is 1. The number of aryl methyl sites for hydroxylation is 1. The molecule has 3 aromatic carbocycles. The van der Waals surface area contributed by atoms with Crippen molar-refractivity contribution in [3.63, 3.8) is 0 Å². The van der Waals surface area contributed by atoms with Crippen molar-refractivity contribution in [1.82, 2.24) is 0 Å². The molecular weight excluding hydrogens is 388 g/mol. The van der Waals surface area contributed by atoms with Crippen LogP contribution in [-0.4, -0.2) is 17.7 Å². The van der Waals surface area contributed by atoms with Crippen LogP contribution in [0.15, 0.2) is 72.8 Å². The summed E-state index contributed by atoms with van der Waals surface area (Å²) in [7, 11) is 0. The summed E-state index contributed by atoms with van der Waals surface area (Å²) >= 11 is 6.20. The van der Waals surface area contributed by atoms with Crippen LogP contribution in [0.25, 0.3) is 0 Å². The Bertz CT molecular complexity index is 1110. The number of amides is 3. The van der Waals surface area contributed by atoms with E-state index in [1.165, 1.54) is 4.90 Å². The van der Waals surface area contributed by atoms with Gasteiger partial charge in [0.25, 0.3) is 5.91 Å². The molecule has 0 fully saturated rings. The normalized spacial score (nSPS) is 13.9. The molecule has 0 aliphatic carbocycles. The minimum Gasteiger partial charge on any atom is -0.278 e. The Morgan fingerprint density at radius 1 is 0.862 bits per heavy atom. The number of anilines is 3. The second kappa shape index (κ2) is 7.53. The van der Waals surface area contributed by atoms with E-state index < -0.39 is 24.1 Å². The van der Waals surface area contributed by atoms with Gasteiger partial charge in [-0.05, 0) is 49.4 Å². The molecule has 1 heterocycles. The first-order valence-electron chi connectivity index (χ1n) is 9.07. The van der Waals surface area contributed by atoms with Crippen LogP contribution in [0.1, 0.15) is 22.3 Å². The molecule has 0 atom stereocenters. The zero-order valence-electron chi connectivity index (χ0n) is 15.6. The van der Waals surface area contributed by atoms with Crippen molar-refractivity contribution in [1.29, 1.82) is 0 Å². The number of benzene rings is 3. The molecule has 0 bridgehead atoms. The highest BCUT2D eigenvalue weighted by molar-refractivity contribution is 6.33. The van der Waals surface area contributed by atoms with Gasteiger partial charge in [0.1, 0.15) is 6.42 Å². The average molecular weight is 405 g/mol. The average Bonchev–Trinajstić information content (AvgIpc) is 2.81. The maximum atomic E-state index is 13.2. The minimum absolute atomic E-state index is 0.319. The van der Waals surface area contributed by atoms with Crippen LogP contribution < -0.4 is 9.80 Å². The molecule has 1 aliphatic rings. The van der Waals surface area contributed by atoms with Crippen LogP contribution in [-0.2, 0) is 9.59 Å². The van der Waals surface area contributed by atoms with E-state index in [0.29, 0.717) is 27.6 Å². The third-order valence-electron chi connectivity index (χ3n) is 4.74. The van der Waals surface area contributed by atoms with E-state index in [1.807, 2.05) is 13.0 Å². The third kappa shape index (κ3) is 3.52. The molecule has 0 spiro atoms. The van der Waals surface area contributed by atoms with Crippen LogP contribution in [0.5, 0.6) is 0 Å². The fraction of sp³-hybridized carbons (Fsp3) is 0.0870. The molecule has 0 radical (unpaired) electrons. The standard InChI is InChI=1S/C23H17ClN2O3/c1-15-7-9-16(10-8-15)23(29)26-19-12-11-17(24)13-20(19)25(21(27)14-22(26)28)18-5-3-2-4-6-18/h2-13H,14H2,1H3. The summed E-state index contributed by atoms with van der Waals surface area (Å²) in [6.45, 7) is 1.92. The minimum atomic E-state index is -0.581. The van der Waals surface area contributed by atoms with Gasteiger partial charge in [-0.1, -0.05) is 47.5 Å². The zero-order chi connectivity index (χ0) is 20.5. The molecule has 0 N–H and O–H groups in total. The monoisotopic (exact) mass is 404 g/mol. The van der Waals surface area contributed by atoms with E-state index in [9.17, 15) is 14.4 Å². The van der Waals surface area contributed by atoms with E-state index >= 15 is 0 Å². The number of hydrogen-bond donors (Lipinski definition) is 0. The quantitative estimate of drug-likeness (QED) is 0.451. The molecule has 5 nitrogen and oxygen atoms in total. The number of para-hydroxylation sites is 1. The van der Waals surface area contributed by atoms with Crippen molar-refractivity contribution in [3.8, 4) is 0 Å². The van der Waals surface area contributed by atoms with Gasteiger partial charge >= 0.3 is 0 Å². The molecule has 29 heavy (non-hydrogen) atoms. The molecular formula is C23H17ClN2O3. The topological polar surface area (TPSA) is 57.7 Å². The molecule has 0 saturated heterocycles. The summed E-state index contributed by atoms with van der Waals surface area (Å²) in [6.07, 6.45) is -0.432. The van der Waals surface area contributed by atoms with Gasteiger partial charge in [-0.25, -0.2) is 4.90 Å². The fourth-order valence-corrected chi connectivity index (χ4v) is 3.50. The first kappa shape index (κ1) is 18.9. The van der Waals surface area contributed by atoms with Gasteiger partial charge in [0.15, 0.2) is 0 Å². The van der Waals surface area contributed by atoms with Crippen molar-refractivity contribution >= 4 is 46.4 Å². The van der Waals surface area contributed by atoms with E-state index in [-0.39, 0.29) is 0 Å². The van der Waals surface area contributed by atoms with E-state index in [4.69, 9.17) is 11.6 Å². The lowest BCUT2D eigenvalue weighted by molar-refractivity contribution is -0.125. The van der Waals surface area contributed by atoms with Crippen molar-refractivity contribution in [2.45, 2.75) is 13.3 Å². The highest BCUT2D eigenvalue weighted by atomic mass is 35.5. The predicted octanol–water partition coefficient (Wildman–Crippen LogP) is 4.89. The second-order valence-electron chi connectivity index (χ2n) is 6.77. The van der Waals surface area contributed by atoms with Crippen molar-refractivity contribution < 1.29 is 14.4 Å².